The minimum Gasteiger partial charge on any atom is -0.457 e. The summed E-state index contributed by atoms with van der Waals surface area (Å²) in [6.07, 6.45) is 0. The zero-order chi connectivity index (χ0) is 17.7. The van der Waals surface area contributed by atoms with Crippen LogP contribution < -0.4 is 0 Å². The van der Waals surface area contributed by atoms with E-state index in [4.69, 9.17) is 4.74 Å². The van der Waals surface area contributed by atoms with Gasteiger partial charge in [-0.3, -0.25) is 4.79 Å². The Labute approximate surface area is 149 Å². The Morgan fingerprint density at radius 1 is 0.615 bits per heavy atom. The van der Waals surface area contributed by atoms with Crippen LogP contribution in [-0.4, -0.2) is 11.8 Å². The van der Waals surface area contributed by atoms with Crippen molar-refractivity contribution in [3.63, 3.8) is 0 Å². The van der Waals surface area contributed by atoms with E-state index in [2.05, 4.69) is 0 Å². The number of benzene rings is 4. The molecule has 0 aromatic heterocycles. The van der Waals surface area contributed by atoms with Crippen molar-refractivity contribution in [3.8, 4) is 0 Å². The summed E-state index contributed by atoms with van der Waals surface area (Å²) < 4.78 is 5.60. The Bertz CT molecular complexity index is 1210. The maximum absolute atomic E-state index is 13.5. The maximum Gasteiger partial charge on any atom is 0.339 e. The molecule has 0 spiro atoms. The van der Waals surface area contributed by atoms with Gasteiger partial charge in [-0.2, -0.15) is 0 Å². The van der Waals surface area contributed by atoms with E-state index in [-0.39, 0.29) is 12.4 Å². The van der Waals surface area contributed by atoms with Crippen LogP contribution in [0, 0.1) is 0 Å². The van der Waals surface area contributed by atoms with E-state index >= 15 is 0 Å². The average molecular weight is 338 g/mol. The van der Waals surface area contributed by atoms with Gasteiger partial charge in [0.1, 0.15) is 6.61 Å². The average Bonchev–Trinajstić information content (AvgIpc) is 2.69. The van der Waals surface area contributed by atoms with Gasteiger partial charge in [0.05, 0.1) is 5.56 Å². The van der Waals surface area contributed by atoms with Crippen molar-refractivity contribution in [3.05, 3.63) is 95.1 Å². The molecule has 0 radical (unpaired) electrons. The zero-order valence-corrected chi connectivity index (χ0v) is 13.9. The van der Waals surface area contributed by atoms with Gasteiger partial charge in [-0.15, -0.1) is 0 Å². The van der Waals surface area contributed by atoms with Gasteiger partial charge in [0.15, 0.2) is 5.78 Å². The van der Waals surface area contributed by atoms with Gasteiger partial charge in [0, 0.05) is 16.5 Å². The van der Waals surface area contributed by atoms with Gasteiger partial charge < -0.3 is 4.74 Å². The summed E-state index contributed by atoms with van der Waals surface area (Å²) in [4.78, 5) is 26.2. The topological polar surface area (TPSA) is 43.4 Å². The molecule has 0 amide bonds. The summed E-state index contributed by atoms with van der Waals surface area (Å²) in [5.74, 6) is -0.483. The molecule has 26 heavy (non-hydrogen) atoms. The third kappa shape index (κ3) is 2.07. The second kappa shape index (κ2) is 5.53. The summed E-state index contributed by atoms with van der Waals surface area (Å²) in [7, 11) is 0. The minimum atomic E-state index is -0.410. The van der Waals surface area contributed by atoms with Crippen molar-refractivity contribution in [1.82, 2.24) is 0 Å². The van der Waals surface area contributed by atoms with Gasteiger partial charge in [-0.25, -0.2) is 4.79 Å². The van der Waals surface area contributed by atoms with Gasteiger partial charge >= 0.3 is 5.97 Å². The summed E-state index contributed by atoms with van der Waals surface area (Å²) in [5.41, 5.74) is 2.43. The van der Waals surface area contributed by atoms with Crippen molar-refractivity contribution < 1.29 is 14.3 Å². The van der Waals surface area contributed by atoms with E-state index < -0.39 is 5.97 Å². The van der Waals surface area contributed by atoms with Crippen LogP contribution in [-0.2, 0) is 11.3 Å². The Kier molecular flexibility index (Phi) is 3.16. The summed E-state index contributed by atoms with van der Waals surface area (Å²) in [6.45, 7) is 0.138. The first-order valence-electron chi connectivity index (χ1n) is 8.48. The molecule has 0 unspecified atom stereocenters. The third-order valence-electron chi connectivity index (χ3n) is 4.96. The van der Waals surface area contributed by atoms with Gasteiger partial charge in [0.25, 0.3) is 0 Å². The van der Waals surface area contributed by atoms with Crippen LogP contribution >= 0.6 is 0 Å². The quantitative estimate of drug-likeness (QED) is 0.429. The highest BCUT2D eigenvalue weighted by Gasteiger charge is 2.23. The van der Waals surface area contributed by atoms with Crippen LogP contribution in [0.1, 0.15) is 31.8 Å². The van der Waals surface area contributed by atoms with Crippen molar-refractivity contribution in [2.45, 2.75) is 6.61 Å². The molecule has 3 heteroatoms. The molecule has 124 valence electrons. The highest BCUT2D eigenvalue weighted by molar-refractivity contribution is 6.24. The fourth-order valence-electron chi connectivity index (χ4n) is 3.79. The first-order chi connectivity index (χ1) is 12.7. The summed E-state index contributed by atoms with van der Waals surface area (Å²) in [6, 6.07) is 22.5. The number of ketones is 1. The number of rotatable bonds is 0. The second-order valence-electron chi connectivity index (χ2n) is 6.44. The first kappa shape index (κ1) is 14.8. The van der Waals surface area contributed by atoms with Crippen LogP contribution in [0.3, 0.4) is 0 Å². The molecule has 0 aliphatic carbocycles. The van der Waals surface area contributed by atoms with E-state index in [1.807, 2.05) is 60.7 Å². The summed E-state index contributed by atoms with van der Waals surface area (Å²) in [5, 5.41) is 3.32. The van der Waals surface area contributed by atoms with Crippen LogP contribution in [0.4, 0.5) is 0 Å². The molecule has 4 aromatic rings. The van der Waals surface area contributed by atoms with Crippen molar-refractivity contribution >= 4 is 33.3 Å². The first-order valence-corrected chi connectivity index (χ1v) is 8.48. The monoisotopic (exact) mass is 338 g/mol. The van der Waals surface area contributed by atoms with Crippen LogP contribution in [0.5, 0.6) is 0 Å². The normalized spacial score (nSPS) is 13.7. The number of cyclic esters (lactones) is 1. The lowest BCUT2D eigenvalue weighted by Crippen LogP contribution is -2.12. The van der Waals surface area contributed by atoms with E-state index in [0.29, 0.717) is 22.1 Å². The maximum atomic E-state index is 13.5. The van der Waals surface area contributed by atoms with Crippen LogP contribution in [0.2, 0.25) is 0 Å². The Morgan fingerprint density at radius 2 is 1.15 bits per heavy atom. The molecule has 4 aromatic carbocycles. The molecular formula is C23H14O3. The minimum absolute atomic E-state index is 0.0733. The smallest absolute Gasteiger partial charge is 0.339 e. The molecule has 1 heterocycles. The fourth-order valence-corrected chi connectivity index (χ4v) is 3.79. The Morgan fingerprint density at radius 3 is 1.85 bits per heavy atom. The lowest BCUT2D eigenvalue weighted by atomic mass is 9.90. The van der Waals surface area contributed by atoms with Gasteiger partial charge in [-0.05, 0) is 27.8 Å². The molecule has 1 aliphatic rings. The third-order valence-corrected chi connectivity index (χ3v) is 4.96. The second-order valence-corrected chi connectivity index (χ2v) is 6.44. The predicted octanol–water partition coefficient (Wildman–Crippen LogP) is 4.89. The number of ether oxygens (including phenoxy) is 1. The fraction of sp³-hybridized carbons (Fsp3) is 0.0435. The molecule has 3 nitrogen and oxygen atoms in total. The summed E-state index contributed by atoms with van der Waals surface area (Å²) >= 11 is 0. The largest absolute Gasteiger partial charge is 0.457 e. The lowest BCUT2D eigenvalue weighted by molar-refractivity contribution is 0.0476. The number of carbonyl (C=O) groups is 2. The molecule has 1 aliphatic heterocycles. The van der Waals surface area contributed by atoms with Gasteiger partial charge in [-0.1, -0.05) is 66.7 Å². The number of carbonyl (C=O) groups excluding carboxylic acids is 2. The molecule has 0 atom stereocenters. The lowest BCUT2D eigenvalue weighted by Gasteiger charge is -2.16. The SMILES string of the molecule is O=C1OCc2cccc3cccc(c23)C(=O)c2cccc3cccc1c23. The molecular weight excluding hydrogens is 324 g/mol. The highest BCUT2D eigenvalue weighted by atomic mass is 16.5. The standard InChI is InChI=1S/C23H14O3/c24-22-17-10-2-6-14-5-1-9-16(20(14)17)13-26-23(25)19-12-4-8-15-7-3-11-18(22)21(15)19/h1-12H,13H2. The van der Waals surface area contributed by atoms with Gasteiger partial charge in [0.2, 0.25) is 0 Å². The van der Waals surface area contributed by atoms with E-state index in [1.165, 1.54) is 0 Å². The number of hydrogen-bond donors (Lipinski definition) is 0. The molecule has 0 bridgehead atoms. The Balaban J connectivity index is 1.93. The van der Waals surface area contributed by atoms with Crippen LogP contribution in [0.25, 0.3) is 21.5 Å². The van der Waals surface area contributed by atoms with Crippen molar-refractivity contribution in [2.75, 3.05) is 0 Å². The molecule has 0 saturated heterocycles. The zero-order valence-electron chi connectivity index (χ0n) is 13.9. The molecule has 0 saturated carbocycles. The number of esters is 1. The van der Waals surface area contributed by atoms with E-state index in [9.17, 15) is 9.59 Å². The van der Waals surface area contributed by atoms with Crippen molar-refractivity contribution in [1.29, 1.82) is 0 Å². The predicted molar refractivity (Wildman–Crippen MR) is 100 cm³/mol. The van der Waals surface area contributed by atoms with Crippen molar-refractivity contribution in [2.24, 2.45) is 0 Å². The Hall–Kier alpha value is -3.46. The molecule has 5 rings (SSSR count). The van der Waals surface area contributed by atoms with E-state index in [0.717, 1.165) is 21.7 Å². The van der Waals surface area contributed by atoms with Crippen LogP contribution in [0.15, 0.2) is 72.8 Å². The molecule has 0 N–H and O–H groups in total. The molecule has 0 fully saturated rings. The number of hydrogen-bond acceptors (Lipinski definition) is 3. The highest BCUT2D eigenvalue weighted by Crippen LogP contribution is 2.31. The van der Waals surface area contributed by atoms with E-state index in [1.54, 1.807) is 12.1 Å².